The number of ether oxygens (including phenoxy) is 2. The molecule has 0 saturated carbocycles. The van der Waals surface area contributed by atoms with Crippen molar-refractivity contribution in [2.24, 2.45) is 0 Å². The molecule has 6 heteroatoms. The van der Waals surface area contributed by atoms with Gasteiger partial charge in [-0.25, -0.2) is 8.78 Å². The molecule has 0 spiro atoms. The first-order valence-electron chi connectivity index (χ1n) is 6.42. The third-order valence-corrected chi connectivity index (χ3v) is 2.77. The van der Waals surface area contributed by atoms with Crippen molar-refractivity contribution in [2.75, 3.05) is 32.2 Å². The topological polar surface area (TPSA) is 50.7 Å². The first-order valence-corrected chi connectivity index (χ1v) is 6.42. The van der Waals surface area contributed by atoms with Crippen molar-refractivity contribution in [2.45, 2.75) is 26.1 Å². The lowest BCUT2D eigenvalue weighted by Crippen LogP contribution is -2.28. The van der Waals surface area contributed by atoms with Crippen molar-refractivity contribution in [1.82, 2.24) is 0 Å². The zero-order valence-corrected chi connectivity index (χ0v) is 12.0. The number of methoxy groups -OCH3 is 1. The highest BCUT2D eigenvalue weighted by atomic mass is 19.1. The van der Waals surface area contributed by atoms with E-state index in [1.807, 2.05) is 6.92 Å². The van der Waals surface area contributed by atoms with E-state index >= 15 is 0 Å². The Bertz CT molecular complexity index is 429. The van der Waals surface area contributed by atoms with Gasteiger partial charge in [0.2, 0.25) is 0 Å². The second kappa shape index (κ2) is 8.14. The highest BCUT2D eigenvalue weighted by Gasteiger charge is 2.13. The maximum absolute atomic E-state index is 13.7. The third-order valence-electron chi connectivity index (χ3n) is 2.77. The summed E-state index contributed by atoms with van der Waals surface area (Å²) in [6, 6.07) is 2.55. The second-order valence-corrected chi connectivity index (χ2v) is 4.69. The Kier molecular flexibility index (Phi) is 6.84. The molecular formula is C14H21F2NO3. The molecule has 1 rings (SSSR count). The molecule has 2 N–H and O–H groups in total. The van der Waals surface area contributed by atoms with Gasteiger partial charge in [0, 0.05) is 13.7 Å². The fourth-order valence-electron chi connectivity index (χ4n) is 1.66. The first kappa shape index (κ1) is 16.8. The minimum Gasteiger partial charge on any atom is -0.389 e. The molecule has 2 unspecified atom stereocenters. The maximum atomic E-state index is 13.7. The Morgan fingerprint density at radius 3 is 2.65 bits per heavy atom. The number of aliphatic hydroxyl groups is 1. The van der Waals surface area contributed by atoms with Crippen LogP contribution < -0.4 is 5.32 Å². The Hall–Kier alpha value is -1.24. The van der Waals surface area contributed by atoms with E-state index in [0.717, 1.165) is 0 Å². The van der Waals surface area contributed by atoms with Crippen LogP contribution >= 0.6 is 0 Å². The minimum atomic E-state index is -0.867. The molecule has 0 aliphatic carbocycles. The van der Waals surface area contributed by atoms with Crippen molar-refractivity contribution in [3.8, 4) is 0 Å². The van der Waals surface area contributed by atoms with E-state index in [-0.39, 0.29) is 24.9 Å². The van der Waals surface area contributed by atoms with Gasteiger partial charge in [-0.2, -0.15) is 0 Å². The molecule has 0 aromatic heterocycles. The number of anilines is 1. The van der Waals surface area contributed by atoms with Crippen molar-refractivity contribution in [3.63, 3.8) is 0 Å². The maximum Gasteiger partial charge on any atom is 0.152 e. The summed E-state index contributed by atoms with van der Waals surface area (Å²) in [4.78, 5) is 0. The summed E-state index contributed by atoms with van der Waals surface area (Å²) < 4.78 is 37.4. The van der Waals surface area contributed by atoms with Crippen LogP contribution in [0.1, 0.15) is 12.5 Å². The van der Waals surface area contributed by atoms with E-state index in [4.69, 9.17) is 9.47 Å². The molecule has 20 heavy (non-hydrogen) atoms. The van der Waals surface area contributed by atoms with Gasteiger partial charge in [-0.05, 0) is 25.5 Å². The van der Waals surface area contributed by atoms with Crippen molar-refractivity contribution in [1.29, 1.82) is 0 Å². The van der Waals surface area contributed by atoms with Crippen LogP contribution in [0.25, 0.3) is 0 Å². The van der Waals surface area contributed by atoms with Crippen LogP contribution in [-0.2, 0) is 9.47 Å². The molecule has 4 nitrogen and oxygen atoms in total. The highest BCUT2D eigenvalue weighted by Crippen LogP contribution is 2.21. The summed E-state index contributed by atoms with van der Waals surface area (Å²) in [5.41, 5.74) is 0.113. The standard InChI is InChI=1S/C14H21F2NO3/c1-9-4-5-12(15)14(13(9)16)17-6-11(18)8-20-10(2)7-19-3/h4-5,10-11,17-18H,6-8H2,1-3H3. The van der Waals surface area contributed by atoms with Crippen LogP contribution in [0.2, 0.25) is 0 Å². The van der Waals surface area contributed by atoms with Crippen molar-refractivity contribution < 1.29 is 23.4 Å². The number of hydrogen-bond donors (Lipinski definition) is 2. The molecule has 0 heterocycles. The fraction of sp³-hybridized carbons (Fsp3) is 0.571. The first-order chi connectivity index (χ1) is 9.45. The van der Waals surface area contributed by atoms with Gasteiger partial charge in [0.05, 0.1) is 25.4 Å². The summed E-state index contributed by atoms with van der Waals surface area (Å²) in [5.74, 6) is -1.33. The van der Waals surface area contributed by atoms with Gasteiger partial charge in [0.15, 0.2) is 5.82 Å². The van der Waals surface area contributed by atoms with Crippen LogP contribution in [0.3, 0.4) is 0 Å². The SMILES string of the molecule is COCC(C)OCC(O)CNc1c(F)ccc(C)c1F. The molecule has 0 aliphatic rings. The van der Waals surface area contributed by atoms with E-state index in [0.29, 0.717) is 12.2 Å². The lowest BCUT2D eigenvalue weighted by atomic mass is 10.2. The molecule has 0 radical (unpaired) electrons. The van der Waals surface area contributed by atoms with Crippen LogP contribution in [0, 0.1) is 18.6 Å². The molecule has 1 aromatic rings. The normalized spacial score (nSPS) is 14.1. The fourth-order valence-corrected chi connectivity index (χ4v) is 1.66. The van der Waals surface area contributed by atoms with E-state index < -0.39 is 17.7 Å². The van der Waals surface area contributed by atoms with Gasteiger partial charge in [0.1, 0.15) is 11.5 Å². The summed E-state index contributed by atoms with van der Waals surface area (Å²) in [5, 5.41) is 12.3. The van der Waals surface area contributed by atoms with E-state index in [1.165, 1.54) is 12.1 Å². The van der Waals surface area contributed by atoms with Crippen LogP contribution in [0.4, 0.5) is 14.5 Å². The number of halogens is 2. The van der Waals surface area contributed by atoms with Gasteiger partial charge < -0.3 is 19.9 Å². The van der Waals surface area contributed by atoms with Crippen molar-refractivity contribution in [3.05, 3.63) is 29.3 Å². The highest BCUT2D eigenvalue weighted by molar-refractivity contribution is 5.48. The Balaban J connectivity index is 2.45. The molecule has 0 saturated heterocycles. The van der Waals surface area contributed by atoms with E-state index in [2.05, 4.69) is 5.32 Å². The smallest absolute Gasteiger partial charge is 0.152 e. The predicted molar refractivity (Wildman–Crippen MR) is 72.9 cm³/mol. The van der Waals surface area contributed by atoms with E-state index in [9.17, 15) is 13.9 Å². The monoisotopic (exact) mass is 289 g/mol. The number of rotatable bonds is 8. The van der Waals surface area contributed by atoms with Gasteiger partial charge in [-0.3, -0.25) is 0 Å². The zero-order valence-electron chi connectivity index (χ0n) is 12.0. The summed E-state index contributed by atoms with van der Waals surface area (Å²) in [6.45, 7) is 3.83. The van der Waals surface area contributed by atoms with Crippen LogP contribution in [0.5, 0.6) is 0 Å². The summed E-state index contributed by atoms with van der Waals surface area (Å²) in [7, 11) is 1.56. The number of nitrogens with one attached hydrogen (secondary N) is 1. The number of aryl methyl sites for hydroxylation is 1. The Labute approximate surface area is 117 Å². The van der Waals surface area contributed by atoms with Crippen LogP contribution in [-0.4, -0.2) is 44.2 Å². The molecular weight excluding hydrogens is 268 g/mol. The molecule has 2 atom stereocenters. The zero-order chi connectivity index (χ0) is 15.1. The third kappa shape index (κ3) is 5.03. The van der Waals surface area contributed by atoms with Crippen molar-refractivity contribution >= 4 is 5.69 Å². The quantitative estimate of drug-likeness (QED) is 0.769. The largest absolute Gasteiger partial charge is 0.389 e. The lowest BCUT2D eigenvalue weighted by molar-refractivity contribution is -0.0282. The average molecular weight is 289 g/mol. The Morgan fingerprint density at radius 1 is 1.30 bits per heavy atom. The lowest BCUT2D eigenvalue weighted by Gasteiger charge is -2.17. The predicted octanol–water partition coefficient (Wildman–Crippen LogP) is 2.10. The molecule has 0 amide bonds. The summed E-state index contributed by atoms with van der Waals surface area (Å²) in [6.07, 6.45) is -1.02. The van der Waals surface area contributed by atoms with Gasteiger partial charge in [0.25, 0.3) is 0 Å². The van der Waals surface area contributed by atoms with Gasteiger partial charge >= 0.3 is 0 Å². The van der Waals surface area contributed by atoms with Gasteiger partial charge in [-0.15, -0.1) is 0 Å². The molecule has 0 bridgehead atoms. The Morgan fingerprint density at radius 2 is 2.00 bits per heavy atom. The second-order valence-electron chi connectivity index (χ2n) is 4.69. The minimum absolute atomic E-state index is 0.00298. The van der Waals surface area contributed by atoms with Gasteiger partial charge in [-0.1, -0.05) is 6.07 Å². The average Bonchev–Trinajstić information content (AvgIpc) is 2.41. The van der Waals surface area contributed by atoms with Crippen LogP contribution in [0.15, 0.2) is 12.1 Å². The molecule has 114 valence electrons. The number of aliphatic hydroxyl groups excluding tert-OH is 1. The number of hydrogen-bond acceptors (Lipinski definition) is 4. The molecule has 0 fully saturated rings. The van der Waals surface area contributed by atoms with E-state index in [1.54, 1.807) is 14.0 Å². The molecule has 0 aliphatic heterocycles. The number of benzene rings is 1. The summed E-state index contributed by atoms with van der Waals surface area (Å²) >= 11 is 0. The molecule has 1 aromatic carbocycles.